The summed E-state index contributed by atoms with van der Waals surface area (Å²) >= 11 is 6.21. The summed E-state index contributed by atoms with van der Waals surface area (Å²) in [7, 11) is 1.72. The number of rotatable bonds is 5. The summed E-state index contributed by atoms with van der Waals surface area (Å²) in [5, 5.41) is 15.8. The monoisotopic (exact) mass is 358 g/mol. The zero-order chi connectivity index (χ0) is 18.0. The first-order valence-electron chi connectivity index (χ1n) is 8.01. The highest BCUT2D eigenvalue weighted by atomic mass is 35.5. The Morgan fingerprint density at radius 1 is 1.32 bits per heavy atom. The Hall–Kier alpha value is -2.67. The predicted octanol–water partition coefficient (Wildman–Crippen LogP) is 2.71. The molecule has 2 aromatic heterocycles. The molecular weight excluding hydrogens is 340 g/mol. The summed E-state index contributed by atoms with van der Waals surface area (Å²) in [5.74, 6) is -0.267. The molecule has 25 heavy (non-hydrogen) atoms. The van der Waals surface area contributed by atoms with Gasteiger partial charge in [0.05, 0.1) is 29.2 Å². The highest BCUT2D eigenvalue weighted by Gasteiger charge is 2.23. The Balaban J connectivity index is 1.78. The van der Waals surface area contributed by atoms with Gasteiger partial charge in [0.25, 0.3) is 5.91 Å². The van der Waals surface area contributed by atoms with E-state index in [1.54, 1.807) is 17.9 Å². The Kier molecular flexibility index (Phi) is 4.85. The van der Waals surface area contributed by atoms with E-state index in [9.17, 15) is 4.79 Å². The first kappa shape index (κ1) is 17.2. The molecule has 130 valence electrons. The number of carbonyl (C=O) groups is 1. The van der Waals surface area contributed by atoms with Crippen LogP contribution < -0.4 is 5.32 Å². The molecule has 0 radical (unpaired) electrons. The second-order valence-electron chi connectivity index (χ2n) is 5.71. The zero-order valence-corrected chi connectivity index (χ0v) is 15.0. The Labute approximate surface area is 150 Å². The molecule has 3 rings (SSSR count). The summed E-state index contributed by atoms with van der Waals surface area (Å²) in [6.45, 7) is 3.79. The SMILES string of the molecule is CCc1nn(C)c(Cl)c1C(=O)N[C@@H](C)c1cn(-c2ccccc2)nn1. The average molecular weight is 359 g/mol. The third-order valence-electron chi connectivity index (χ3n) is 3.93. The van der Waals surface area contributed by atoms with Crippen molar-refractivity contribution in [3.8, 4) is 5.69 Å². The molecule has 2 heterocycles. The third-order valence-corrected chi connectivity index (χ3v) is 4.37. The molecule has 0 saturated heterocycles. The van der Waals surface area contributed by atoms with Gasteiger partial charge in [-0.3, -0.25) is 9.48 Å². The molecule has 0 aliphatic heterocycles. The number of hydrogen-bond donors (Lipinski definition) is 1. The molecule has 1 amide bonds. The van der Waals surface area contributed by atoms with Gasteiger partial charge in [0.1, 0.15) is 10.8 Å². The maximum Gasteiger partial charge on any atom is 0.256 e. The van der Waals surface area contributed by atoms with Crippen LogP contribution in [0.15, 0.2) is 36.5 Å². The van der Waals surface area contributed by atoms with Crippen molar-refractivity contribution >= 4 is 17.5 Å². The average Bonchev–Trinajstić information content (AvgIpc) is 3.21. The molecule has 0 spiro atoms. The molecule has 1 N–H and O–H groups in total. The van der Waals surface area contributed by atoms with Crippen molar-refractivity contribution < 1.29 is 4.79 Å². The van der Waals surface area contributed by atoms with Crippen LogP contribution in [0.2, 0.25) is 5.15 Å². The molecule has 0 bridgehead atoms. The molecule has 3 aromatic rings. The quantitative estimate of drug-likeness (QED) is 0.760. The number of hydrogen-bond acceptors (Lipinski definition) is 4. The lowest BCUT2D eigenvalue weighted by molar-refractivity contribution is 0.0938. The van der Waals surface area contributed by atoms with E-state index in [-0.39, 0.29) is 11.9 Å². The zero-order valence-electron chi connectivity index (χ0n) is 14.3. The van der Waals surface area contributed by atoms with E-state index in [1.807, 2.05) is 44.2 Å². The number of aryl methyl sites for hydroxylation is 2. The predicted molar refractivity (Wildman–Crippen MR) is 94.8 cm³/mol. The largest absolute Gasteiger partial charge is 0.344 e. The summed E-state index contributed by atoms with van der Waals surface area (Å²) in [6.07, 6.45) is 2.42. The topological polar surface area (TPSA) is 77.6 Å². The van der Waals surface area contributed by atoms with E-state index >= 15 is 0 Å². The van der Waals surface area contributed by atoms with Crippen LogP contribution in [-0.4, -0.2) is 30.7 Å². The number of halogens is 1. The molecule has 0 saturated carbocycles. The van der Waals surface area contributed by atoms with Gasteiger partial charge in [-0.25, -0.2) is 4.68 Å². The normalized spacial score (nSPS) is 12.2. The fourth-order valence-electron chi connectivity index (χ4n) is 2.55. The van der Waals surface area contributed by atoms with Crippen LogP contribution in [0.4, 0.5) is 0 Å². The van der Waals surface area contributed by atoms with Crippen LogP contribution in [0.3, 0.4) is 0 Å². The van der Waals surface area contributed by atoms with Gasteiger partial charge in [-0.05, 0) is 25.5 Å². The van der Waals surface area contributed by atoms with Crippen molar-refractivity contribution in [1.82, 2.24) is 30.1 Å². The minimum Gasteiger partial charge on any atom is -0.344 e. The standard InChI is InChI=1S/C17H19ClN6O/c1-4-13-15(16(18)23(3)21-13)17(25)19-11(2)14-10-24(22-20-14)12-8-6-5-7-9-12/h5-11H,4H2,1-3H3,(H,19,25)/t11-/m0/s1. The van der Waals surface area contributed by atoms with Crippen LogP contribution in [0, 0.1) is 0 Å². The number of nitrogens with zero attached hydrogens (tertiary/aromatic N) is 5. The number of aromatic nitrogens is 5. The maximum absolute atomic E-state index is 12.6. The molecule has 8 heteroatoms. The van der Waals surface area contributed by atoms with Crippen LogP contribution in [-0.2, 0) is 13.5 Å². The number of para-hydroxylation sites is 1. The van der Waals surface area contributed by atoms with Gasteiger partial charge in [0.15, 0.2) is 0 Å². The first-order valence-corrected chi connectivity index (χ1v) is 8.39. The second-order valence-corrected chi connectivity index (χ2v) is 6.07. The lowest BCUT2D eigenvalue weighted by Crippen LogP contribution is -2.27. The lowest BCUT2D eigenvalue weighted by atomic mass is 10.1. The van der Waals surface area contributed by atoms with E-state index in [1.165, 1.54) is 4.68 Å². The summed E-state index contributed by atoms with van der Waals surface area (Å²) in [6, 6.07) is 9.35. The van der Waals surface area contributed by atoms with Gasteiger partial charge in [0, 0.05) is 7.05 Å². The molecule has 1 aromatic carbocycles. The number of nitrogens with one attached hydrogen (secondary N) is 1. The van der Waals surface area contributed by atoms with Crippen molar-refractivity contribution in [2.45, 2.75) is 26.3 Å². The number of amides is 1. The molecule has 1 atom stereocenters. The fourth-order valence-corrected chi connectivity index (χ4v) is 2.79. The fraction of sp³-hybridized carbons (Fsp3) is 0.294. The third kappa shape index (κ3) is 3.41. The van der Waals surface area contributed by atoms with Crippen LogP contribution >= 0.6 is 11.6 Å². The van der Waals surface area contributed by atoms with Crippen LogP contribution in [0.5, 0.6) is 0 Å². The van der Waals surface area contributed by atoms with Gasteiger partial charge in [-0.2, -0.15) is 5.10 Å². The number of carbonyl (C=O) groups excluding carboxylic acids is 1. The first-order chi connectivity index (χ1) is 12.0. The van der Waals surface area contributed by atoms with E-state index in [0.29, 0.717) is 28.5 Å². The molecular formula is C17H19ClN6O. The molecule has 0 aliphatic carbocycles. The highest BCUT2D eigenvalue weighted by Crippen LogP contribution is 2.21. The van der Waals surface area contributed by atoms with Crippen molar-refractivity contribution in [2.75, 3.05) is 0 Å². The van der Waals surface area contributed by atoms with E-state index in [0.717, 1.165) is 5.69 Å². The molecule has 7 nitrogen and oxygen atoms in total. The highest BCUT2D eigenvalue weighted by molar-refractivity contribution is 6.33. The lowest BCUT2D eigenvalue weighted by Gasteiger charge is -2.11. The minimum absolute atomic E-state index is 0.267. The Morgan fingerprint density at radius 3 is 2.72 bits per heavy atom. The van der Waals surface area contributed by atoms with Gasteiger partial charge >= 0.3 is 0 Å². The number of benzene rings is 1. The molecule has 0 unspecified atom stereocenters. The summed E-state index contributed by atoms with van der Waals surface area (Å²) < 4.78 is 3.18. The van der Waals surface area contributed by atoms with Gasteiger partial charge in [0.2, 0.25) is 0 Å². The van der Waals surface area contributed by atoms with Gasteiger partial charge in [-0.15, -0.1) is 5.10 Å². The van der Waals surface area contributed by atoms with Crippen molar-refractivity contribution in [2.24, 2.45) is 7.05 Å². The van der Waals surface area contributed by atoms with Gasteiger partial charge in [-0.1, -0.05) is 41.9 Å². The minimum atomic E-state index is -0.314. The molecule has 0 aliphatic rings. The van der Waals surface area contributed by atoms with E-state index in [4.69, 9.17) is 11.6 Å². The second kappa shape index (κ2) is 7.06. The molecule has 0 fully saturated rings. The van der Waals surface area contributed by atoms with Crippen molar-refractivity contribution in [3.05, 3.63) is 58.6 Å². The smallest absolute Gasteiger partial charge is 0.256 e. The van der Waals surface area contributed by atoms with E-state index < -0.39 is 0 Å². The van der Waals surface area contributed by atoms with E-state index in [2.05, 4.69) is 20.7 Å². The van der Waals surface area contributed by atoms with Crippen molar-refractivity contribution in [1.29, 1.82) is 0 Å². The van der Waals surface area contributed by atoms with Gasteiger partial charge < -0.3 is 5.32 Å². The maximum atomic E-state index is 12.6. The van der Waals surface area contributed by atoms with Crippen molar-refractivity contribution in [3.63, 3.8) is 0 Å². The van der Waals surface area contributed by atoms with Crippen LogP contribution in [0.1, 0.15) is 41.6 Å². The Bertz CT molecular complexity index is 886. The summed E-state index contributed by atoms with van der Waals surface area (Å²) in [4.78, 5) is 12.6. The van der Waals surface area contributed by atoms with Crippen LogP contribution in [0.25, 0.3) is 5.69 Å². The Morgan fingerprint density at radius 2 is 2.04 bits per heavy atom. The summed E-state index contributed by atoms with van der Waals surface area (Å²) in [5.41, 5.74) is 2.65.